The number of hydrogen-bond acceptors (Lipinski definition) is 5. The van der Waals surface area contributed by atoms with Crippen molar-refractivity contribution in [1.82, 2.24) is 10.2 Å². The molecule has 194 valence electrons. The van der Waals surface area contributed by atoms with Gasteiger partial charge in [0.05, 0.1) is 5.56 Å². The van der Waals surface area contributed by atoms with Crippen molar-refractivity contribution in [3.05, 3.63) is 40.8 Å². The summed E-state index contributed by atoms with van der Waals surface area (Å²) in [6.07, 6.45) is -4.21. The first-order chi connectivity index (χ1) is 16.8. The molecule has 1 saturated carbocycles. The highest BCUT2D eigenvalue weighted by Gasteiger charge is 2.61. The number of hydrogen-bond donors (Lipinski definition) is 3. The third kappa shape index (κ3) is 4.30. The van der Waals surface area contributed by atoms with E-state index in [1.807, 2.05) is 0 Å². The predicted octanol–water partition coefficient (Wildman–Crippen LogP) is 2.41. The molecule has 3 amide bonds. The Bertz CT molecular complexity index is 1180. The Kier molecular flexibility index (Phi) is 6.29. The molecule has 1 aromatic carbocycles. The van der Waals surface area contributed by atoms with Gasteiger partial charge in [-0.25, -0.2) is 22.0 Å². The number of primary amides is 1. The van der Waals surface area contributed by atoms with E-state index in [2.05, 4.69) is 10.6 Å². The van der Waals surface area contributed by atoms with Crippen LogP contribution in [0.4, 0.5) is 27.6 Å². The Labute approximate surface area is 202 Å². The molecule has 4 rings (SSSR count). The van der Waals surface area contributed by atoms with Crippen molar-refractivity contribution in [2.45, 2.75) is 56.5 Å². The number of benzene rings is 1. The summed E-state index contributed by atoms with van der Waals surface area (Å²) in [4.78, 5) is 52.3. The van der Waals surface area contributed by atoms with Crippen LogP contribution in [0.15, 0.2) is 29.5 Å². The van der Waals surface area contributed by atoms with Gasteiger partial charge in [0.15, 0.2) is 0 Å². The number of ketones is 1. The summed E-state index contributed by atoms with van der Waals surface area (Å²) in [6, 6.07) is 1.75. The standard InChI is InChI=1S/C23H23F5N4O4/c1-10-15(17(33)20(35)31-22(21(29)36)8-23(27,28)9-22)14-3-2-6-32(14)16(10)19(34)30-11-4-5-13(24)12(7-11)18(25)26/h4-5,7,10,16,18H,2-3,6,8-9H2,1H3,(H2,29,36)(H,30,34)(H,31,35). The summed E-state index contributed by atoms with van der Waals surface area (Å²) in [5.74, 6) is -9.37. The van der Waals surface area contributed by atoms with E-state index in [1.54, 1.807) is 4.90 Å². The van der Waals surface area contributed by atoms with E-state index in [0.717, 1.165) is 18.2 Å². The van der Waals surface area contributed by atoms with Crippen LogP contribution in [0, 0.1) is 11.7 Å². The average molecular weight is 514 g/mol. The third-order valence-corrected chi connectivity index (χ3v) is 6.90. The van der Waals surface area contributed by atoms with Gasteiger partial charge in [-0.05, 0) is 31.0 Å². The molecule has 3 aliphatic rings. The number of carbonyl (C=O) groups is 4. The van der Waals surface area contributed by atoms with Gasteiger partial charge in [0.25, 0.3) is 18.3 Å². The van der Waals surface area contributed by atoms with Crippen molar-refractivity contribution in [3.8, 4) is 0 Å². The lowest BCUT2D eigenvalue weighted by Gasteiger charge is -2.44. The Hall–Kier alpha value is -3.51. The molecule has 2 unspecified atom stereocenters. The minimum Gasteiger partial charge on any atom is -0.368 e. The van der Waals surface area contributed by atoms with Gasteiger partial charge in [-0.2, -0.15) is 0 Å². The fraction of sp³-hybridized carbons (Fsp3) is 0.478. The minimum atomic E-state index is -3.20. The molecule has 1 saturated heterocycles. The van der Waals surface area contributed by atoms with Gasteiger partial charge >= 0.3 is 0 Å². The van der Waals surface area contributed by atoms with E-state index < -0.39 is 77.6 Å². The van der Waals surface area contributed by atoms with Crippen LogP contribution in [0.3, 0.4) is 0 Å². The highest BCUT2D eigenvalue weighted by molar-refractivity contribution is 6.43. The van der Waals surface area contributed by atoms with Crippen molar-refractivity contribution in [3.63, 3.8) is 0 Å². The second kappa shape index (κ2) is 8.86. The first-order valence-electron chi connectivity index (χ1n) is 11.2. The molecular formula is C23H23F5N4O4. The zero-order valence-corrected chi connectivity index (χ0v) is 19.0. The minimum absolute atomic E-state index is 0.00299. The number of fused-ring (bicyclic) bond motifs is 1. The number of nitrogens with zero attached hydrogens (tertiary/aromatic N) is 1. The quantitative estimate of drug-likeness (QED) is 0.381. The van der Waals surface area contributed by atoms with Crippen molar-refractivity contribution in [2.75, 3.05) is 11.9 Å². The van der Waals surface area contributed by atoms with Crippen molar-refractivity contribution in [2.24, 2.45) is 11.7 Å². The van der Waals surface area contributed by atoms with Gasteiger partial charge in [0.1, 0.15) is 17.4 Å². The number of carbonyl (C=O) groups excluding carboxylic acids is 4. The molecule has 0 aromatic heterocycles. The topological polar surface area (TPSA) is 122 Å². The lowest BCUT2D eigenvalue weighted by Crippen LogP contribution is -2.69. The van der Waals surface area contributed by atoms with Crippen LogP contribution in [-0.4, -0.2) is 52.5 Å². The van der Waals surface area contributed by atoms with Gasteiger partial charge in [-0.1, -0.05) is 6.92 Å². The van der Waals surface area contributed by atoms with Gasteiger partial charge in [-0.15, -0.1) is 0 Å². The number of amides is 3. The van der Waals surface area contributed by atoms with E-state index in [4.69, 9.17) is 5.73 Å². The smallest absolute Gasteiger partial charge is 0.292 e. The summed E-state index contributed by atoms with van der Waals surface area (Å²) in [6.45, 7) is 1.89. The van der Waals surface area contributed by atoms with Crippen LogP contribution in [0.25, 0.3) is 0 Å². The number of Topliss-reactive ketones (excluding diaryl/α,β-unsaturated/α-hetero) is 1. The van der Waals surface area contributed by atoms with Crippen LogP contribution in [-0.2, 0) is 19.2 Å². The van der Waals surface area contributed by atoms with Crippen LogP contribution in [0.5, 0.6) is 0 Å². The number of allylic oxidation sites excluding steroid dienone is 1. The second-order valence-electron chi connectivity index (χ2n) is 9.36. The van der Waals surface area contributed by atoms with Crippen LogP contribution >= 0.6 is 0 Å². The number of alkyl halides is 4. The SMILES string of the molecule is CC1C(C(=O)C(=O)NC2(C(N)=O)CC(F)(F)C2)=C2CCCN2C1C(=O)Nc1ccc(F)c(C(F)F)c1. The lowest BCUT2D eigenvalue weighted by molar-refractivity contribution is -0.164. The highest BCUT2D eigenvalue weighted by atomic mass is 19.3. The zero-order chi connectivity index (χ0) is 26.6. The number of nitrogens with two attached hydrogens (primary N) is 1. The monoisotopic (exact) mass is 514 g/mol. The molecule has 1 aliphatic carbocycles. The number of halogens is 5. The normalized spacial score (nSPS) is 23.8. The van der Waals surface area contributed by atoms with Crippen molar-refractivity contribution < 1.29 is 41.1 Å². The van der Waals surface area contributed by atoms with E-state index in [1.165, 1.54) is 6.92 Å². The molecule has 13 heteroatoms. The average Bonchev–Trinajstić information content (AvgIpc) is 3.32. The molecule has 0 bridgehead atoms. The summed E-state index contributed by atoms with van der Waals surface area (Å²) < 4.78 is 66.5. The Morgan fingerprint density at radius 1 is 1.17 bits per heavy atom. The number of nitrogens with one attached hydrogen (secondary N) is 2. The molecule has 0 spiro atoms. The first-order valence-corrected chi connectivity index (χ1v) is 11.2. The van der Waals surface area contributed by atoms with Crippen LogP contribution < -0.4 is 16.4 Å². The number of rotatable bonds is 7. The van der Waals surface area contributed by atoms with E-state index in [-0.39, 0.29) is 11.3 Å². The summed E-state index contributed by atoms with van der Waals surface area (Å²) in [5.41, 5.74) is 2.64. The second-order valence-corrected chi connectivity index (χ2v) is 9.36. The maximum Gasteiger partial charge on any atom is 0.292 e. The van der Waals surface area contributed by atoms with Gasteiger partial charge in [0.2, 0.25) is 17.6 Å². The molecule has 2 fully saturated rings. The van der Waals surface area contributed by atoms with Crippen molar-refractivity contribution >= 4 is 29.2 Å². The summed E-state index contributed by atoms with van der Waals surface area (Å²) in [7, 11) is 0. The van der Waals surface area contributed by atoms with Gasteiger partial charge < -0.3 is 21.3 Å². The molecule has 4 N–H and O–H groups in total. The molecule has 36 heavy (non-hydrogen) atoms. The van der Waals surface area contributed by atoms with E-state index in [9.17, 15) is 41.1 Å². The first kappa shape index (κ1) is 25.6. The van der Waals surface area contributed by atoms with Gasteiger partial charge in [-0.3, -0.25) is 19.2 Å². The summed E-state index contributed by atoms with van der Waals surface area (Å²) in [5, 5.41) is 4.52. The Morgan fingerprint density at radius 2 is 1.83 bits per heavy atom. The van der Waals surface area contributed by atoms with Crippen molar-refractivity contribution in [1.29, 1.82) is 0 Å². The fourth-order valence-electron chi connectivity index (χ4n) is 5.25. The molecule has 8 nitrogen and oxygen atoms in total. The lowest BCUT2D eigenvalue weighted by atomic mass is 9.72. The molecule has 2 heterocycles. The van der Waals surface area contributed by atoms with Crippen LogP contribution in [0.2, 0.25) is 0 Å². The van der Waals surface area contributed by atoms with Crippen LogP contribution in [0.1, 0.15) is 44.6 Å². The summed E-state index contributed by atoms with van der Waals surface area (Å²) >= 11 is 0. The number of anilines is 1. The third-order valence-electron chi connectivity index (χ3n) is 6.90. The Balaban J connectivity index is 1.53. The molecule has 1 aromatic rings. The maximum absolute atomic E-state index is 13.6. The molecule has 2 atom stereocenters. The zero-order valence-electron chi connectivity index (χ0n) is 19.0. The fourth-order valence-corrected chi connectivity index (χ4v) is 5.25. The molecule has 2 aliphatic heterocycles. The highest BCUT2D eigenvalue weighted by Crippen LogP contribution is 2.46. The van der Waals surface area contributed by atoms with E-state index in [0.29, 0.717) is 25.1 Å². The predicted molar refractivity (Wildman–Crippen MR) is 115 cm³/mol. The van der Waals surface area contributed by atoms with E-state index >= 15 is 0 Å². The molecule has 0 radical (unpaired) electrons. The Morgan fingerprint density at radius 3 is 2.42 bits per heavy atom. The molecular weight excluding hydrogens is 491 g/mol. The maximum atomic E-state index is 13.6. The van der Waals surface area contributed by atoms with Gasteiger partial charge in [0, 0.05) is 42.3 Å². The largest absolute Gasteiger partial charge is 0.368 e.